The lowest BCUT2D eigenvalue weighted by Crippen LogP contribution is -2.05. The molecule has 1 rings (SSSR count). The van der Waals surface area contributed by atoms with E-state index in [0.717, 1.165) is 12.1 Å². The van der Waals surface area contributed by atoms with Crippen molar-refractivity contribution in [2.75, 3.05) is 7.11 Å². The van der Waals surface area contributed by atoms with E-state index >= 15 is 0 Å². The number of aryl methyl sites for hydroxylation is 1. The summed E-state index contributed by atoms with van der Waals surface area (Å²) in [5.41, 5.74) is 0.651. The van der Waals surface area contributed by atoms with Gasteiger partial charge in [0.1, 0.15) is 0 Å². The molecule has 0 saturated heterocycles. The average molecular weight is 216 g/mol. The zero-order chi connectivity index (χ0) is 11.5. The van der Waals surface area contributed by atoms with Crippen LogP contribution in [0.5, 0.6) is 0 Å². The number of halogens is 3. The molecule has 4 heteroatoms. The van der Waals surface area contributed by atoms with Gasteiger partial charge in [-0.3, -0.25) is 0 Å². The van der Waals surface area contributed by atoms with Gasteiger partial charge < -0.3 is 4.74 Å². The van der Waals surface area contributed by atoms with Gasteiger partial charge in [0.15, 0.2) is 0 Å². The van der Waals surface area contributed by atoms with Crippen LogP contribution >= 0.6 is 0 Å². The second-order valence-electron chi connectivity index (χ2n) is 3.11. The van der Waals surface area contributed by atoms with E-state index < -0.39 is 11.7 Å². The molecule has 0 fully saturated rings. The lowest BCUT2D eigenvalue weighted by molar-refractivity contribution is -0.137. The molecule has 0 atom stereocenters. The van der Waals surface area contributed by atoms with Crippen LogP contribution < -0.4 is 0 Å². The van der Waals surface area contributed by atoms with Gasteiger partial charge in [0, 0.05) is 0 Å². The molecule has 0 aliphatic carbocycles. The van der Waals surface area contributed by atoms with Crippen molar-refractivity contribution in [3.05, 3.63) is 41.2 Å². The van der Waals surface area contributed by atoms with E-state index in [1.54, 1.807) is 13.0 Å². The highest BCUT2D eigenvalue weighted by atomic mass is 19.4. The van der Waals surface area contributed by atoms with Gasteiger partial charge in [-0.05, 0) is 36.3 Å². The predicted octanol–water partition coefficient (Wildman–Crippen LogP) is 3.63. The maximum absolute atomic E-state index is 12.3. The van der Waals surface area contributed by atoms with Gasteiger partial charge in [0.05, 0.1) is 18.9 Å². The van der Waals surface area contributed by atoms with E-state index in [1.165, 1.54) is 19.4 Å². The van der Waals surface area contributed by atoms with Gasteiger partial charge in [-0.2, -0.15) is 13.2 Å². The highest BCUT2D eigenvalue weighted by Crippen LogP contribution is 2.30. The summed E-state index contributed by atoms with van der Waals surface area (Å²) in [6.45, 7) is 1.63. The standard InChI is InChI=1S/C11H11F3O/c1-8-7-10(11(12,13)14)4-3-9(8)5-6-15-2/h3-7H,1-2H3. The molecule has 0 bridgehead atoms. The number of rotatable bonds is 2. The molecule has 15 heavy (non-hydrogen) atoms. The van der Waals surface area contributed by atoms with Crippen molar-refractivity contribution in [2.24, 2.45) is 0 Å². The number of ether oxygens (including phenoxy) is 1. The Bertz CT molecular complexity index is 367. The normalized spacial score (nSPS) is 12.1. The summed E-state index contributed by atoms with van der Waals surface area (Å²) < 4.78 is 41.6. The van der Waals surface area contributed by atoms with Crippen LogP contribution in [0.15, 0.2) is 24.5 Å². The maximum Gasteiger partial charge on any atom is 0.416 e. The fourth-order valence-corrected chi connectivity index (χ4v) is 1.18. The Morgan fingerprint density at radius 2 is 1.93 bits per heavy atom. The van der Waals surface area contributed by atoms with Gasteiger partial charge in [0.2, 0.25) is 0 Å². The van der Waals surface area contributed by atoms with Gasteiger partial charge in [-0.1, -0.05) is 6.07 Å². The van der Waals surface area contributed by atoms with E-state index in [4.69, 9.17) is 4.74 Å². The molecular formula is C11H11F3O. The summed E-state index contributed by atoms with van der Waals surface area (Å²) in [7, 11) is 1.48. The van der Waals surface area contributed by atoms with Gasteiger partial charge >= 0.3 is 6.18 Å². The third-order valence-corrected chi connectivity index (χ3v) is 1.98. The van der Waals surface area contributed by atoms with E-state index in [9.17, 15) is 13.2 Å². The molecule has 0 unspecified atom stereocenters. The lowest BCUT2D eigenvalue weighted by Gasteiger charge is -2.08. The van der Waals surface area contributed by atoms with Crippen LogP contribution in [-0.2, 0) is 10.9 Å². The molecule has 0 aliphatic heterocycles. The Morgan fingerprint density at radius 1 is 1.27 bits per heavy atom. The van der Waals surface area contributed by atoms with E-state index in [1.807, 2.05) is 0 Å². The zero-order valence-corrected chi connectivity index (χ0v) is 8.43. The highest BCUT2D eigenvalue weighted by Gasteiger charge is 2.30. The minimum absolute atomic E-state index is 0.568. The van der Waals surface area contributed by atoms with Gasteiger partial charge in [0.25, 0.3) is 0 Å². The molecule has 1 nitrogen and oxygen atoms in total. The number of benzene rings is 1. The van der Waals surface area contributed by atoms with Crippen LogP contribution in [-0.4, -0.2) is 7.11 Å². The highest BCUT2D eigenvalue weighted by molar-refractivity contribution is 5.53. The predicted molar refractivity (Wildman–Crippen MR) is 52.2 cm³/mol. The SMILES string of the molecule is COC=Cc1ccc(C(F)(F)F)cc1C. The van der Waals surface area contributed by atoms with Crippen LogP contribution in [0.25, 0.3) is 6.08 Å². The fraction of sp³-hybridized carbons (Fsp3) is 0.273. The topological polar surface area (TPSA) is 9.23 Å². The van der Waals surface area contributed by atoms with Crippen molar-refractivity contribution >= 4 is 6.08 Å². The second-order valence-corrected chi connectivity index (χ2v) is 3.11. The number of alkyl halides is 3. The Labute approximate surface area is 86.2 Å². The smallest absolute Gasteiger partial charge is 0.416 e. The quantitative estimate of drug-likeness (QED) is 0.686. The first-order chi connectivity index (χ1) is 6.95. The van der Waals surface area contributed by atoms with Crippen molar-refractivity contribution in [2.45, 2.75) is 13.1 Å². The Hall–Kier alpha value is -1.45. The minimum atomic E-state index is -4.28. The summed E-state index contributed by atoms with van der Waals surface area (Å²) in [6, 6.07) is 3.60. The second kappa shape index (κ2) is 4.38. The molecule has 0 heterocycles. The monoisotopic (exact) mass is 216 g/mol. The summed E-state index contributed by atoms with van der Waals surface area (Å²) in [4.78, 5) is 0. The molecular weight excluding hydrogens is 205 g/mol. The molecule has 1 aromatic rings. The first kappa shape index (κ1) is 11.6. The van der Waals surface area contributed by atoms with Gasteiger partial charge in [-0.25, -0.2) is 0 Å². The van der Waals surface area contributed by atoms with E-state index in [0.29, 0.717) is 11.1 Å². The zero-order valence-electron chi connectivity index (χ0n) is 8.43. The molecule has 0 spiro atoms. The number of hydrogen-bond donors (Lipinski definition) is 0. The number of methoxy groups -OCH3 is 1. The first-order valence-corrected chi connectivity index (χ1v) is 4.32. The van der Waals surface area contributed by atoms with Crippen molar-refractivity contribution in [1.82, 2.24) is 0 Å². The molecule has 1 aromatic carbocycles. The summed E-state index contributed by atoms with van der Waals surface area (Å²) in [6.07, 6.45) is -1.24. The Kier molecular flexibility index (Phi) is 3.39. The molecule has 82 valence electrons. The van der Waals surface area contributed by atoms with E-state index in [2.05, 4.69) is 0 Å². The Morgan fingerprint density at radius 3 is 2.40 bits per heavy atom. The minimum Gasteiger partial charge on any atom is -0.504 e. The van der Waals surface area contributed by atoms with Crippen molar-refractivity contribution < 1.29 is 17.9 Å². The van der Waals surface area contributed by atoms with Crippen molar-refractivity contribution in [1.29, 1.82) is 0 Å². The molecule has 0 radical (unpaired) electrons. The summed E-state index contributed by atoms with van der Waals surface area (Å²) in [5, 5.41) is 0. The first-order valence-electron chi connectivity index (χ1n) is 4.32. The molecule has 0 saturated carbocycles. The summed E-state index contributed by atoms with van der Waals surface area (Å²) >= 11 is 0. The van der Waals surface area contributed by atoms with Crippen LogP contribution in [0.1, 0.15) is 16.7 Å². The van der Waals surface area contributed by atoms with Crippen molar-refractivity contribution in [3.63, 3.8) is 0 Å². The lowest BCUT2D eigenvalue weighted by atomic mass is 10.0. The van der Waals surface area contributed by atoms with Gasteiger partial charge in [-0.15, -0.1) is 0 Å². The maximum atomic E-state index is 12.3. The van der Waals surface area contributed by atoms with Crippen molar-refractivity contribution in [3.8, 4) is 0 Å². The molecule has 0 aromatic heterocycles. The number of hydrogen-bond acceptors (Lipinski definition) is 1. The largest absolute Gasteiger partial charge is 0.504 e. The fourth-order valence-electron chi connectivity index (χ4n) is 1.18. The summed E-state index contributed by atoms with van der Waals surface area (Å²) in [5.74, 6) is 0. The molecule has 0 aliphatic rings. The third kappa shape index (κ3) is 3.01. The van der Waals surface area contributed by atoms with Crippen LogP contribution in [0.3, 0.4) is 0 Å². The van der Waals surface area contributed by atoms with Crippen LogP contribution in [0.4, 0.5) is 13.2 Å². The molecule has 0 amide bonds. The van der Waals surface area contributed by atoms with E-state index in [-0.39, 0.29) is 0 Å². The average Bonchev–Trinajstić information content (AvgIpc) is 2.14. The molecule has 0 N–H and O–H groups in total. The Balaban J connectivity index is 3.04. The van der Waals surface area contributed by atoms with Crippen LogP contribution in [0.2, 0.25) is 0 Å². The van der Waals surface area contributed by atoms with Crippen LogP contribution in [0, 0.1) is 6.92 Å². The third-order valence-electron chi connectivity index (χ3n) is 1.98.